The van der Waals surface area contributed by atoms with Crippen molar-refractivity contribution in [1.29, 1.82) is 0 Å². The highest BCUT2D eigenvalue weighted by atomic mass is 79.9. The Balaban J connectivity index is 1.56. The van der Waals surface area contributed by atoms with Crippen molar-refractivity contribution < 1.29 is 33.8 Å². The highest BCUT2D eigenvalue weighted by molar-refractivity contribution is 9.09. The van der Waals surface area contributed by atoms with Crippen LogP contribution in [0.1, 0.15) is 70.1 Å². The molecule has 2 bridgehead atoms. The fourth-order valence-corrected chi connectivity index (χ4v) is 9.57. The molecule has 3 aliphatic heterocycles. The Morgan fingerprint density at radius 2 is 1.75 bits per heavy atom. The molecule has 10 nitrogen and oxygen atoms in total. The quantitative estimate of drug-likeness (QED) is 0.118. The summed E-state index contributed by atoms with van der Waals surface area (Å²) in [4.78, 5) is 62.3. The molecule has 0 saturated carbocycles. The Bertz CT molecular complexity index is 1620. The average molecular weight is 793 g/mol. The molecule has 2 unspecified atom stereocenters. The number of nitrogens with zero attached hydrogens (tertiary/aromatic N) is 3. The molecule has 3 heterocycles. The number of likely N-dealkylation sites (tertiary alicyclic amines) is 1. The van der Waals surface area contributed by atoms with E-state index < -0.39 is 66.3 Å². The summed E-state index contributed by atoms with van der Waals surface area (Å²) in [6.45, 7) is 13.4. The zero-order valence-corrected chi connectivity index (χ0v) is 32.9. The molecular formula is C42H54BrN3O7. The number of hydrogen-bond donors (Lipinski definition) is 1. The predicted molar refractivity (Wildman–Crippen MR) is 207 cm³/mol. The Labute approximate surface area is 322 Å². The summed E-state index contributed by atoms with van der Waals surface area (Å²) in [7, 11) is 1.69. The number of halogens is 1. The molecule has 11 heteroatoms. The van der Waals surface area contributed by atoms with E-state index in [-0.39, 0.29) is 35.6 Å². The Kier molecular flexibility index (Phi) is 13.4. The second kappa shape index (κ2) is 17.6. The van der Waals surface area contributed by atoms with E-state index in [9.17, 15) is 14.7 Å². The number of carbonyl (C=O) groups is 4. The fourth-order valence-electron chi connectivity index (χ4n) is 8.63. The minimum Gasteiger partial charge on any atom is -0.455 e. The van der Waals surface area contributed by atoms with Gasteiger partial charge in [0.15, 0.2) is 0 Å². The first-order valence-corrected chi connectivity index (χ1v) is 19.7. The normalized spacial score (nSPS) is 26.6. The van der Waals surface area contributed by atoms with Gasteiger partial charge in [0.2, 0.25) is 17.7 Å². The van der Waals surface area contributed by atoms with Crippen LogP contribution in [0.25, 0.3) is 0 Å². The van der Waals surface area contributed by atoms with Crippen LogP contribution in [-0.4, -0.2) is 104 Å². The third-order valence-corrected chi connectivity index (χ3v) is 12.2. The van der Waals surface area contributed by atoms with Crippen LogP contribution in [-0.2, 0) is 35.1 Å². The molecule has 2 aromatic carbocycles. The zero-order valence-electron chi connectivity index (χ0n) is 31.3. The van der Waals surface area contributed by atoms with Crippen LogP contribution in [0.5, 0.6) is 0 Å². The lowest BCUT2D eigenvalue weighted by molar-refractivity contribution is -0.165. The summed E-state index contributed by atoms with van der Waals surface area (Å²) in [6, 6.07) is 16.2. The summed E-state index contributed by atoms with van der Waals surface area (Å²) in [5.41, 5.74) is 0.247. The molecule has 0 radical (unpaired) electrons. The van der Waals surface area contributed by atoms with E-state index >= 15 is 9.59 Å². The van der Waals surface area contributed by atoms with E-state index in [0.717, 1.165) is 18.4 Å². The van der Waals surface area contributed by atoms with Crippen molar-refractivity contribution in [3.8, 4) is 0 Å². The number of likely N-dealkylation sites (N-methyl/N-ethyl adjacent to an activating group) is 1. The van der Waals surface area contributed by atoms with Gasteiger partial charge >= 0.3 is 5.97 Å². The minimum absolute atomic E-state index is 0.116. The number of fused-ring (bicyclic) bond motifs is 1. The van der Waals surface area contributed by atoms with E-state index in [1.165, 1.54) is 4.90 Å². The van der Waals surface area contributed by atoms with Crippen molar-refractivity contribution in [2.75, 3.05) is 20.2 Å². The molecule has 53 heavy (non-hydrogen) atoms. The van der Waals surface area contributed by atoms with Gasteiger partial charge < -0.3 is 29.3 Å². The summed E-state index contributed by atoms with van der Waals surface area (Å²) < 4.78 is 13.2. The molecule has 1 N–H and O–H groups in total. The van der Waals surface area contributed by atoms with Gasteiger partial charge in [-0.05, 0) is 50.7 Å². The standard InChI is InChI=1S/C42H54BrN3O7/c1-7-10-22-33(48)44(6)28(5)36(30-20-15-12-16-21-30)52-41(51)34-35-39(49)46(31(26-47)24-29-18-13-11-14-19-29)38(42(35)25-32(43)37(34)53-42)40(50)45(23-9-3)27(4)17-8-2/h7,9,11-16,18-21,27-28,31-32,34-38,47H,1,3,8,10,17,22-26H2,2,4-6H3/t27?,28-,31-,32?,34+,35-,36+,37+,38+,42-/m1/s1. The number of amides is 3. The first-order valence-electron chi connectivity index (χ1n) is 18.8. The van der Waals surface area contributed by atoms with Crippen LogP contribution in [0.4, 0.5) is 0 Å². The predicted octanol–water partition coefficient (Wildman–Crippen LogP) is 5.64. The first-order chi connectivity index (χ1) is 25.4. The number of aliphatic hydroxyl groups is 1. The highest BCUT2D eigenvalue weighted by Crippen LogP contribution is 2.61. The fraction of sp³-hybridized carbons (Fsp3) is 0.524. The lowest BCUT2D eigenvalue weighted by Gasteiger charge is -2.41. The third-order valence-electron chi connectivity index (χ3n) is 11.4. The van der Waals surface area contributed by atoms with Gasteiger partial charge in [-0.2, -0.15) is 0 Å². The molecule has 5 rings (SSSR count). The first kappa shape index (κ1) is 40.4. The lowest BCUT2D eigenvalue weighted by Crippen LogP contribution is -2.60. The van der Waals surface area contributed by atoms with Crippen molar-refractivity contribution in [3.05, 3.63) is 97.1 Å². The van der Waals surface area contributed by atoms with Gasteiger partial charge in [0.25, 0.3) is 0 Å². The molecule has 0 aliphatic carbocycles. The maximum atomic E-state index is 15.0. The molecule has 0 aromatic heterocycles. The SMILES string of the molecule is C=CCCC(=O)N(C)[C@H](C)[C@H](OC(=O)[C@@H]1[C@H]2O[C@@]3(CC2Br)[C@H](C(=O)N(CC=C)C(C)CCC)N([C@@H](CO)Cc2ccccc2)C(=O)[C@@H]13)c1ccccc1. The van der Waals surface area contributed by atoms with Crippen LogP contribution in [0, 0.1) is 11.8 Å². The van der Waals surface area contributed by atoms with Gasteiger partial charge in [-0.3, -0.25) is 19.2 Å². The van der Waals surface area contributed by atoms with Crippen molar-refractivity contribution in [2.45, 2.75) is 106 Å². The van der Waals surface area contributed by atoms with E-state index in [1.807, 2.05) is 74.5 Å². The summed E-state index contributed by atoms with van der Waals surface area (Å²) >= 11 is 3.77. The molecule has 10 atom stereocenters. The van der Waals surface area contributed by atoms with Crippen molar-refractivity contribution in [1.82, 2.24) is 14.7 Å². The molecule has 1 spiro atoms. The zero-order chi connectivity index (χ0) is 38.4. The van der Waals surface area contributed by atoms with Crippen LogP contribution in [0.15, 0.2) is 86.0 Å². The second-order valence-electron chi connectivity index (χ2n) is 14.7. The molecule has 286 valence electrons. The molecule has 3 fully saturated rings. The number of rotatable bonds is 18. The summed E-state index contributed by atoms with van der Waals surface area (Å²) in [5.74, 6) is -3.53. The van der Waals surface area contributed by atoms with Gasteiger partial charge in [-0.25, -0.2) is 0 Å². The average Bonchev–Trinajstić information content (AvgIpc) is 3.76. The van der Waals surface area contributed by atoms with Gasteiger partial charge in [0, 0.05) is 30.9 Å². The van der Waals surface area contributed by atoms with Gasteiger partial charge in [-0.1, -0.05) is 102 Å². The van der Waals surface area contributed by atoms with Crippen LogP contribution in [0.3, 0.4) is 0 Å². The number of aliphatic hydroxyl groups excluding tert-OH is 1. The van der Waals surface area contributed by atoms with Crippen LogP contribution < -0.4 is 0 Å². The van der Waals surface area contributed by atoms with E-state index in [4.69, 9.17) is 9.47 Å². The van der Waals surface area contributed by atoms with Gasteiger partial charge in [0.05, 0.1) is 36.6 Å². The monoisotopic (exact) mass is 791 g/mol. The highest BCUT2D eigenvalue weighted by Gasteiger charge is 2.77. The smallest absolute Gasteiger partial charge is 0.313 e. The molecule has 2 aromatic rings. The molecule has 3 amide bonds. The van der Waals surface area contributed by atoms with Crippen molar-refractivity contribution >= 4 is 39.6 Å². The number of hydrogen-bond acceptors (Lipinski definition) is 7. The number of carbonyl (C=O) groups excluding carboxylic acids is 4. The Hall–Kier alpha value is -3.80. The number of benzene rings is 2. The van der Waals surface area contributed by atoms with Gasteiger partial charge in [0.1, 0.15) is 17.7 Å². The van der Waals surface area contributed by atoms with E-state index in [1.54, 1.807) is 29.0 Å². The number of ether oxygens (including phenoxy) is 2. The topological polar surface area (TPSA) is 117 Å². The van der Waals surface area contributed by atoms with Crippen molar-refractivity contribution in [2.24, 2.45) is 11.8 Å². The number of allylic oxidation sites excluding steroid dienone is 1. The number of alkyl halides is 1. The summed E-state index contributed by atoms with van der Waals surface area (Å²) in [5, 5.41) is 10.9. The molecule has 3 aliphatic rings. The maximum Gasteiger partial charge on any atom is 0.313 e. The van der Waals surface area contributed by atoms with E-state index in [0.29, 0.717) is 24.8 Å². The maximum absolute atomic E-state index is 15.0. The van der Waals surface area contributed by atoms with Crippen molar-refractivity contribution in [3.63, 3.8) is 0 Å². The second-order valence-corrected chi connectivity index (χ2v) is 15.9. The van der Waals surface area contributed by atoms with Crippen LogP contribution >= 0.6 is 15.9 Å². The molecule has 3 saturated heterocycles. The Morgan fingerprint density at radius 3 is 2.36 bits per heavy atom. The molecular weight excluding hydrogens is 738 g/mol. The lowest BCUT2D eigenvalue weighted by atomic mass is 9.70. The number of esters is 1. The van der Waals surface area contributed by atoms with E-state index in [2.05, 4.69) is 36.0 Å². The summed E-state index contributed by atoms with van der Waals surface area (Å²) in [6.07, 6.45) is 4.77. The third kappa shape index (κ3) is 7.89. The minimum atomic E-state index is -1.35. The largest absolute Gasteiger partial charge is 0.455 e. The van der Waals surface area contributed by atoms with Gasteiger partial charge in [-0.15, -0.1) is 13.2 Å². The van der Waals surface area contributed by atoms with Crippen LogP contribution in [0.2, 0.25) is 0 Å². The Morgan fingerprint density at radius 1 is 1.09 bits per heavy atom.